The van der Waals surface area contributed by atoms with Crippen molar-refractivity contribution in [2.24, 2.45) is 0 Å². The van der Waals surface area contributed by atoms with E-state index in [4.69, 9.17) is 0 Å². The van der Waals surface area contributed by atoms with Crippen LogP contribution < -0.4 is 5.32 Å². The molecule has 0 aliphatic carbocycles. The van der Waals surface area contributed by atoms with E-state index in [0.29, 0.717) is 18.7 Å². The average molecular weight is 364 g/mol. The van der Waals surface area contributed by atoms with Crippen LogP contribution in [0.2, 0.25) is 0 Å². The number of hydrogen-bond acceptors (Lipinski definition) is 3. The Morgan fingerprint density at radius 1 is 1.07 bits per heavy atom. The number of carbonyl (C=O) groups excluding carboxylic acids is 2. The first-order valence-electron chi connectivity index (χ1n) is 9.15. The molecule has 140 valence electrons. The third-order valence-corrected chi connectivity index (χ3v) is 4.62. The van der Waals surface area contributed by atoms with Crippen LogP contribution in [0.25, 0.3) is 16.7 Å². The Labute approximate surface area is 158 Å². The molecule has 1 heterocycles. The van der Waals surface area contributed by atoms with Gasteiger partial charge >= 0.3 is 0 Å². The van der Waals surface area contributed by atoms with E-state index in [-0.39, 0.29) is 18.4 Å². The molecule has 0 aliphatic rings. The van der Waals surface area contributed by atoms with Gasteiger partial charge in [-0.15, -0.1) is 0 Å². The minimum atomic E-state index is -0.274. The highest BCUT2D eigenvalue weighted by Gasteiger charge is 2.15. The largest absolute Gasteiger partial charge is 0.343 e. The van der Waals surface area contributed by atoms with Gasteiger partial charge < -0.3 is 10.2 Å². The SMILES string of the molecule is CCN(CC)C(=O)CNC(=O)c1ccc2c(c1)nc(C)n2-c1ccccc1. The molecular formula is C21H24N4O2. The first kappa shape index (κ1) is 18.6. The van der Waals surface area contributed by atoms with E-state index < -0.39 is 0 Å². The normalized spacial score (nSPS) is 10.8. The molecule has 0 radical (unpaired) electrons. The number of amides is 2. The smallest absolute Gasteiger partial charge is 0.251 e. The maximum absolute atomic E-state index is 12.4. The van der Waals surface area contributed by atoms with Gasteiger partial charge in [0.25, 0.3) is 5.91 Å². The number of nitrogens with zero attached hydrogens (tertiary/aromatic N) is 3. The third kappa shape index (κ3) is 3.84. The number of carbonyl (C=O) groups is 2. The molecule has 2 aromatic carbocycles. The highest BCUT2D eigenvalue weighted by atomic mass is 16.2. The van der Waals surface area contributed by atoms with Gasteiger partial charge in [-0.05, 0) is 51.1 Å². The number of para-hydroxylation sites is 1. The highest BCUT2D eigenvalue weighted by molar-refractivity contribution is 5.99. The lowest BCUT2D eigenvalue weighted by Gasteiger charge is -2.18. The Kier molecular flexibility index (Phi) is 5.54. The van der Waals surface area contributed by atoms with Gasteiger partial charge in [-0.3, -0.25) is 14.2 Å². The van der Waals surface area contributed by atoms with Crippen LogP contribution in [0, 0.1) is 6.92 Å². The molecule has 0 saturated carbocycles. The number of aromatic nitrogens is 2. The van der Waals surface area contributed by atoms with Crippen LogP contribution in [-0.4, -0.2) is 45.9 Å². The molecule has 1 aromatic heterocycles. The number of imidazole rings is 1. The summed E-state index contributed by atoms with van der Waals surface area (Å²) in [5.41, 5.74) is 3.21. The Balaban J connectivity index is 1.81. The van der Waals surface area contributed by atoms with Crippen molar-refractivity contribution >= 4 is 22.8 Å². The van der Waals surface area contributed by atoms with E-state index in [0.717, 1.165) is 22.5 Å². The van der Waals surface area contributed by atoms with E-state index in [1.165, 1.54) is 0 Å². The second-order valence-electron chi connectivity index (χ2n) is 6.28. The van der Waals surface area contributed by atoms with Crippen LogP contribution in [-0.2, 0) is 4.79 Å². The van der Waals surface area contributed by atoms with Crippen molar-refractivity contribution in [2.45, 2.75) is 20.8 Å². The molecule has 6 heteroatoms. The number of aryl methyl sites for hydroxylation is 1. The molecule has 0 atom stereocenters. The lowest BCUT2D eigenvalue weighted by Crippen LogP contribution is -2.39. The van der Waals surface area contributed by atoms with Crippen LogP contribution >= 0.6 is 0 Å². The number of likely N-dealkylation sites (N-methyl/N-ethyl adjacent to an activating group) is 1. The number of nitrogens with one attached hydrogen (secondary N) is 1. The molecule has 0 saturated heterocycles. The summed E-state index contributed by atoms with van der Waals surface area (Å²) >= 11 is 0. The first-order chi connectivity index (χ1) is 13.0. The molecule has 3 aromatic rings. The van der Waals surface area contributed by atoms with Crippen molar-refractivity contribution in [1.29, 1.82) is 0 Å². The van der Waals surface area contributed by atoms with Crippen molar-refractivity contribution in [1.82, 2.24) is 19.8 Å². The van der Waals surface area contributed by atoms with Gasteiger partial charge in [0.05, 0.1) is 17.6 Å². The number of benzene rings is 2. The van der Waals surface area contributed by atoms with Gasteiger partial charge in [-0.2, -0.15) is 0 Å². The summed E-state index contributed by atoms with van der Waals surface area (Å²) in [6, 6.07) is 15.4. The van der Waals surface area contributed by atoms with Gasteiger partial charge in [-0.25, -0.2) is 4.98 Å². The molecule has 2 amide bonds. The number of rotatable bonds is 6. The Hall–Kier alpha value is -3.15. The van der Waals surface area contributed by atoms with E-state index >= 15 is 0 Å². The second kappa shape index (κ2) is 8.03. The minimum Gasteiger partial charge on any atom is -0.343 e. The average Bonchev–Trinajstić information content (AvgIpc) is 3.02. The summed E-state index contributed by atoms with van der Waals surface area (Å²) in [4.78, 5) is 30.8. The second-order valence-corrected chi connectivity index (χ2v) is 6.28. The molecule has 27 heavy (non-hydrogen) atoms. The van der Waals surface area contributed by atoms with Gasteiger partial charge in [-0.1, -0.05) is 18.2 Å². The standard InChI is InChI=1S/C21H24N4O2/c1-4-24(5-2)20(26)14-22-21(27)16-11-12-19-18(13-16)23-15(3)25(19)17-9-7-6-8-10-17/h6-13H,4-5,14H2,1-3H3,(H,22,27). The summed E-state index contributed by atoms with van der Waals surface area (Å²) in [7, 11) is 0. The van der Waals surface area contributed by atoms with E-state index in [1.54, 1.807) is 17.0 Å². The maximum Gasteiger partial charge on any atom is 0.251 e. The molecule has 0 unspecified atom stereocenters. The predicted molar refractivity (Wildman–Crippen MR) is 106 cm³/mol. The molecule has 0 fully saturated rings. The molecule has 6 nitrogen and oxygen atoms in total. The monoisotopic (exact) mass is 364 g/mol. The summed E-state index contributed by atoms with van der Waals surface area (Å²) in [5, 5.41) is 2.70. The first-order valence-corrected chi connectivity index (χ1v) is 9.15. The summed E-state index contributed by atoms with van der Waals surface area (Å²) in [6.45, 7) is 7.04. The van der Waals surface area contributed by atoms with E-state index in [1.807, 2.05) is 57.2 Å². The van der Waals surface area contributed by atoms with Crippen molar-refractivity contribution in [3.63, 3.8) is 0 Å². The molecule has 0 aliphatic heterocycles. The summed E-state index contributed by atoms with van der Waals surface area (Å²) < 4.78 is 2.06. The fourth-order valence-corrected chi connectivity index (χ4v) is 3.19. The van der Waals surface area contributed by atoms with Crippen molar-refractivity contribution in [3.8, 4) is 5.69 Å². The highest BCUT2D eigenvalue weighted by Crippen LogP contribution is 2.22. The molecular weight excluding hydrogens is 340 g/mol. The number of fused-ring (bicyclic) bond motifs is 1. The fraction of sp³-hybridized carbons (Fsp3) is 0.286. The van der Waals surface area contributed by atoms with Gasteiger partial charge in [0.15, 0.2) is 0 Å². The zero-order valence-corrected chi connectivity index (χ0v) is 15.9. The lowest BCUT2D eigenvalue weighted by molar-refractivity contribution is -0.129. The summed E-state index contributed by atoms with van der Waals surface area (Å²) in [5.74, 6) is 0.494. The Bertz CT molecular complexity index is 959. The Morgan fingerprint density at radius 2 is 1.78 bits per heavy atom. The van der Waals surface area contributed by atoms with Crippen LogP contribution in [0.1, 0.15) is 30.0 Å². The van der Waals surface area contributed by atoms with Crippen LogP contribution in [0.4, 0.5) is 0 Å². The fourth-order valence-electron chi connectivity index (χ4n) is 3.19. The summed E-state index contributed by atoms with van der Waals surface area (Å²) in [6.07, 6.45) is 0. The molecule has 0 spiro atoms. The quantitative estimate of drug-likeness (QED) is 0.731. The Morgan fingerprint density at radius 3 is 2.44 bits per heavy atom. The van der Waals surface area contributed by atoms with Crippen LogP contribution in [0.5, 0.6) is 0 Å². The van der Waals surface area contributed by atoms with Gasteiger partial charge in [0, 0.05) is 24.3 Å². The topological polar surface area (TPSA) is 67.2 Å². The minimum absolute atomic E-state index is 0.00393. The van der Waals surface area contributed by atoms with E-state index in [2.05, 4.69) is 14.9 Å². The maximum atomic E-state index is 12.4. The predicted octanol–water partition coefficient (Wildman–Crippen LogP) is 2.93. The lowest BCUT2D eigenvalue weighted by atomic mass is 10.2. The molecule has 1 N–H and O–H groups in total. The van der Waals surface area contributed by atoms with Gasteiger partial charge in [0.1, 0.15) is 5.82 Å². The molecule has 3 rings (SSSR count). The van der Waals surface area contributed by atoms with Crippen molar-refractivity contribution in [2.75, 3.05) is 19.6 Å². The van der Waals surface area contributed by atoms with Crippen molar-refractivity contribution < 1.29 is 9.59 Å². The zero-order chi connectivity index (χ0) is 19.4. The third-order valence-electron chi connectivity index (χ3n) is 4.62. The van der Waals surface area contributed by atoms with E-state index in [9.17, 15) is 9.59 Å². The van der Waals surface area contributed by atoms with Gasteiger partial charge in [0.2, 0.25) is 5.91 Å². The van der Waals surface area contributed by atoms with Crippen LogP contribution in [0.3, 0.4) is 0 Å². The number of hydrogen-bond donors (Lipinski definition) is 1. The van der Waals surface area contributed by atoms with Crippen LogP contribution in [0.15, 0.2) is 48.5 Å². The zero-order valence-electron chi connectivity index (χ0n) is 15.9. The van der Waals surface area contributed by atoms with Crippen molar-refractivity contribution in [3.05, 3.63) is 59.9 Å². The molecule has 0 bridgehead atoms.